The molecule has 5 nitrogen and oxygen atoms in total. The third-order valence-corrected chi connectivity index (χ3v) is 3.59. The second-order valence-electron chi connectivity index (χ2n) is 4.47. The lowest BCUT2D eigenvalue weighted by Gasteiger charge is -2.16. The van der Waals surface area contributed by atoms with E-state index in [1.54, 1.807) is 24.3 Å². The van der Waals surface area contributed by atoms with Gasteiger partial charge in [-0.3, -0.25) is 4.79 Å². The Morgan fingerprint density at radius 1 is 1.30 bits per heavy atom. The largest absolute Gasteiger partial charge is 0.494 e. The third kappa shape index (κ3) is 7.78. The molecule has 1 unspecified atom stereocenters. The van der Waals surface area contributed by atoms with Crippen LogP contribution in [0.5, 0.6) is 5.75 Å². The van der Waals surface area contributed by atoms with E-state index in [-0.39, 0.29) is 5.75 Å². The normalized spacial score (nSPS) is 12.5. The Bertz CT molecular complexity index is 534. The van der Waals surface area contributed by atoms with Gasteiger partial charge in [0.05, 0.1) is 18.8 Å². The number of halogens is 3. The summed E-state index contributed by atoms with van der Waals surface area (Å²) in [6.07, 6.45) is -6.28. The van der Waals surface area contributed by atoms with Crippen LogP contribution in [0.4, 0.5) is 13.2 Å². The molecule has 1 atom stereocenters. The van der Waals surface area contributed by atoms with E-state index in [0.717, 1.165) is 11.8 Å². The molecule has 0 heterocycles. The first-order chi connectivity index (χ1) is 10.7. The van der Waals surface area contributed by atoms with Gasteiger partial charge in [0, 0.05) is 4.90 Å². The summed E-state index contributed by atoms with van der Waals surface area (Å²) in [5.41, 5.74) is 0. The second kappa shape index (κ2) is 8.66. The highest BCUT2D eigenvalue weighted by molar-refractivity contribution is 8.00. The van der Waals surface area contributed by atoms with E-state index in [4.69, 9.17) is 9.84 Å². The van der Waals surface area contributed by atoms with Crippen LogP contribution < -0.4 is 10.1 Å². The van der Waals surface area contributed by atoms with Gasteiger partial charge in [0.15, 0.2) is 0 Å². The third-order valence-electron chi connectivity index (χ3n) is 2.57. The molecule has 0 bridgehead atoms. The number of thioether (sulfide) groups is 1. The SMILES string of the molecule is CCOc1ccc(SCC(=O)NC(CC(F)(F)F)C(=O)O)cc1. The van der Waals surface area contributed by atoms with Crippen LogP contribution in [0, 0.1) is 0 Å². The summed E-state index contributed by atoms with van der Waals surface area (Å²) in [5.74, 6) is -2.02. The van der Waals surface area contributed by atoms with Crippen LogP contribution >= 0.6 is 11.8 Å². The molecule has 0 aliphatic carbocycles. The Balaban J connectivity index is 2.50. The molecule has 2 N–H and O–H groups in total. The minimum atomic E-state index is -4.67. The van der Waals surface area contributed by atoms with Gasteiger partial charge in [0.2, 0.25) is 5.91 Å². The van der Waals surface area contributed by atoms with Gasteiger partial charge in [0.25, 0.3) is 0 Å². The summed E-state index contributed by atoms with van der Waals surface area (Å²) in [6.45, 7) is 2.36. The summed E-state index contributed by atoms with van der Waals surface area (Å²) in [4.78, 5) is 23.1. The number of amides is 1. The maximum absolute atomic E-state index is 12.2. The number of carboxylic acid groups (broad SMARTS) is 1. The summed E-state index contributed by atoms with van der Waals surface area (Å²) < 4.78 is 42.0. The predicted octanol–water partition coefficient (Wildman–Crippen LogP) is 2.70. The summed E-state index contributed by atoms with van der Waals surface area (Å²) in [7, 11) is 0. The molecule has 1 aromatic carbocycles. The zero-order chi connectivity index (χ0) is 17.5. The fourth-order valence-corrected chi connectivity index (χ4v) is 2.32. The topological polar surface area (TPSA) is 75.6 Å². The number of nitrogens with one attached hydrogen (secondary N) is 1. The van der Waals surface area contributed by atoms with E-state index < -0.39 is 30.5 Å². The molecule has 23 heavy (non-hydrogen) atoms. The Morgan fingerprint density at radius 2 is 1.91 bits per heavy atom. The minimum absolute atomic E-state index is 0.185. The number of benzene rings is 1. The number of hydrogen-bond acceptors (Lipinski definition) is 4. The van der Waals surface area contributed by atoms with Gasteiger partial charge >= 0.3 is 12.1 Å². The van der Waals surface area contributed by atoms with Crippen LogP contribution in [0.2, 0.25) is 0 Å². The number of carboxylic acids is 1. The smallest absolute Gasteiger partial charge is 0.391 e. The molecule has 0 radical (unpaired) electrons. The lowest BCUT2D eigenvalue weighted by atomic mass is 10.2. The fraction of sp³-hybridized carbons (Fsp3) is 0.429. The summed E-state index contributed by atoms with van der Waals surface area (Å²) >= 11 is 1.09. The van der Waals surface area contributed by atoms with Crippen LogP contribution in [-0.4, -0.2) is 41.6 Å². The first-order valence-corrected chi connectivity index (χ1v) is 7.64. The first-order valence-electron chi connectivity index (χ1n) is 6.66. The van der Waals surface area contributed by atoms with Gasteiger partial charge in [-0.1, -0.05) is 0 Å². The lowest BCUT2D eigenvalue weighted by molar-refractivity contribution is -0.159. The summed E-state index contributed by atoms with van der Waals surface area (Å²) in [5, 5.41) is 10.6. The number of hydrogen-bond donors (Lipinski definition) is 2. The van der Waals surface area contributed by atoms with Crippen molar-refractivity contribution in [1.82, 2.24) is 5.32 Å². The molecular weight excluding hydrogens is 335 g/mol. The van der Waals surface area contributed by atoms with Crippen molar-refractivity contribution in [3.63, 3.8) is 0 Å². The Hall–Kier alpha value is -1.90. The number of ether oxygens (including phenoxy) is 1. The number of carbonyl (C=O) groups is 2. The van der Waals surface area contributed by atoms with Crippen LogP contribution in [0.1, 0.15) is 13.3 Å². The van der Waals surface area contributed by atoms with Gasteiger partial charge in [-0.15, -0.1) is 11.8 Å². The fourth-order valence-electron chi connectivity index (χ4n) is 1.62. The highest BCUT2D eigenvalue weighted by atomic mass is 32.2. The molecule has 0 aliphatic rings. The molecule has 0 spiro atoms. The van der Waals surface area contributed by atoms with Crippen LogP contribution in [0.25, 0.3) is 0 Å². The van der Waals surface area contributed by atoms with Crippen molar-refractivity contribution in [2.45, 2.75) is 30.5 Å². The van der Waals surface area contributed by atoms with Crippen molar-refractivity contribution in [3.05, 3.63) is 24.3 Å². The van der Waals surface area contributed by atoms with E-state index in [1.165, 1.54) is 0 Å². The van der Waals surface area contributed by atoms with E-state index in [2.05, 4.69) is 0 Å². The van der Waals surface area contributed by atoms with Crippen molar-refractivity contribution in [2.75, 3.05) is 12.4 Å². The van der Waals surface area contributed by atoms with Gasteiger partial charge < -0.3 is 15.2 Å². The van der Waals surface area contributed by atoms with Crippen LogP contribution in [0.3, 0.4) is 0 Å². The highest BCUT2D eigenvalue weighted by Crippen LogP contribution is 2.23. The van der Waals surface area contributed by atoms with Gasteiger partial charge in [-0.25, -0.2) is 4.79 Å². The minimum Gasteiger partial charge on any atom is -0.494 e. The zero-order valence-electron chi connectivity index (χ0n) is 12.2. The molecule has 0 aliphatic heterocycles. The van der Waals surface area contributed by atoms with Gasteiger partial charge in [-0.05, 0) is 31.2 Å². The molecule has 0 fully saturated rings. The Labute approximate surface area is 135 Å². The maximum atomic E-state index is 12.2. The van der Waals surface area contributed by atoms with Crippen LogP contribution in [0.15, 0.2) is 29.2 Å². The van der Waals surface area contributed by atoms with Gasteiger partial charge in [-0.2, -0.15) is 13.2 Å². The quantitative estimate of drug-likeness (QED) is 0.705. The second-order valence-corrected chi connectivity index (χ2v) is 5.52. The molecule has 9 heteroatoms. The molecule has 128 valence electrons. The van der Waals surface area contributed by atoms with E-state index >= 15 is 0 Å². The van der Waals surface area contributed by atoms with Gasteiger partial charge in [0.1, 0.15) is 11.8 Å². The van der Waals surface area contributed by atoms with Crippen molar-refractivity contribution in [2.24, 2.45) is 0 Å². The van der Waals surface area contributed by atoms with E-state index in [0.29, 0.717) is 17.3 Å². The predicted molar refractivity (Wildman–Crippen MR) is 78.6 cm³/mol. The number of carbonyl (C=O) groups excluding carboxylic acids is 1. The van der Waals surface area contributed by atoms with E-state index in [1.807, 2.05) is 12.2 Å². The molecule has 0 aromatic heterocycles. The average molecular weight is 351 g/mol. The van der Waals surface area contributed by atoms with Crippen molar-refractivity contribution in [3.8, 4) is 5.75 Å². The molecule has 0 saturated carbocycles. The molecular formula is C14H16F3NO4S. The Kier molecular flexibility index (Phi) is 7.21. The Morgan fingerprint density at radius 3 is 2.39 bits per heavy atom. The average Bonchev–Trinajstić information content (AvgIpc) is 2.44. The monoisotopic (exact) mass is 351 g/mol. The standard InChI is InChI=1S/C14H16F3NO4S/c1-2-22-9-3-5-10(6-4-9)23-8-12(19)18-11(13(20)21)7-14(15,16)17/h3-6,11H,2,7-8H2,1H3,(H,18,19)(H,20,21). The molecule has 1 amide bonds. The highest BCUT2D eigenvalue weighted by Gasteiger charge is 2.36. The first kappa shape index (κ1) is 19.1. The maximum Gasteiger partial charge on any atom is 0.391 e. The van der Waals surface area contributed by atoms with Crippen LogP contribution in [-0.2, 0) is 9.59 Å². The number of rotatable bonds is 8. The van der Waals surface area contributed by atoms with Crippen molar-refractivity contribution >= 4 is 23.6 Å². The number of alkyl halides is 3. The van der Waals surface area contributed by atoms with Crippen molar-refractivity contribution < 1.29 is 32.6 Å². The zero-order valence-corrected chi connectivity index (χ0v) is 13.0. The molecule has 1 aromatic rings. The molecule has 0 saturated heterocycles. The van der Waals surface area contributed by atoms with E-state index in [9.17, 15) is 22.8 Å². The molecule has 1 rings (SSSR count). The summed E-state index contributed by atoms with van der Waals surface area (Å²) in [6, 6.07) is 4.82. The lowest BCUT2D eigenvalue weighted by Crippen LogP contribution is -2.44. The number of aliphatic carboxylic acids is 1. The van der Waals surface area contributed by atoms with Crippen molar-refractivity contribution in [1.29, 1.82) is 0 Å².